The first-order valence-corrected chi connectivity index (χ1v) is 6.38. The molecule has 2 rings (SSSR count). The maximum atomic E-state index is 12.2. The highest BCUT2D eigenvalue weighted by Gasteiger charge is 2.20. The van der Waals surface area contributed by atoms with Crippen molar-refractivity contribution in [3.63, 3.8) is 0 Å². The zero-order valence-corrected chi connectivity index (χ0v) is 11.0. The summed E-state index contributed by atoms with van der Waals surface area (Å²) in [5, 5.41) is 3.34. The number of carbonyl (C=O) groups is 1. The first kappa shape index (κ1) is 12.9. The SMILES string of the molecule is COc1cccc(N2CCCNC(C)CC2=O)c1. The van der Waals surface area contributed by atoms with E-state index in [9.17, 15) is 4.79 Å². The molecule has 1 atom stereocenters. The Morgan fingerprint density at radius 3 is 3.06 bits per heavy atom. The molecule has 1 fully saturated rings. The van der Waals surface area contributed by atoms with Crippen molar-refractivity contribution in [2.24, 2.45) is 0 Å². The Kier molecular flexibility index (Phi) is 4.20. The van der Waals surface area contributed by atoms with Crippen LogP contribution in [0.1, 0.15) is 19.8 Å². The van der Waals surface area contributed by atoms with Crippen molar-refractivity contribution in [1.82, 2.24) is 5.32 Å². The van der Waals surface area contributed by atoms with Crippen LogP contribution in [-0.4, -0.2) is 32.1 Å². The second kappa shape index (κ2) is 5.87. The number of nitrogens with one attached hydrogen (secondary N) is 1. The van der Waals surface area contributed by atoms with E-state index in [1.807, 2.05) is 36.1 Å². The van der Waals surface area contributed by atoms with Gasteiger partial charge in [0.1, 0.15) is 5.75 Å². The quantitative estimate of drug-likeness (QED) is 0.867. The minimum atomic E-state index is 0.169. The van der Waals surface area contributed by atoms with Gasteiger partial charge in [0.05, 0.1) is 7.11 Å². The number of hydrogen-bond acceptors (Lipinski definition) is 3. The molecule has 1 saturated heterocycles. The molecule has 98 valence electrons. The molecule has 1 amide bonds. The molecular weight excluding hydrogens is 228 g/mol. The van der Waals surface area contributed by atoms with E-state index >= 15 is 0 Å². The predicted octanol–water partition coefficient (Wildman–Crippen LogP) is 1.80. The van der Waals surface area contributed by atoms with E-state index < -0.39 is 0 Å². The lowest BCUT2D eigenvalue weighted by Gasteiger charge is -2.28. The number of methoxy groups -OCH3 is 1. The summed E-state index contributed by atoms with van der Waals surface area (Å²) in [7, 11) is 1.64. The van der Waals surface area contributed by atoms with Crippen LogP contribution in [0.3, 0.4) is 0 Å². The molecule has 0 radical (unpaired) electrons. The molecule has 1 aromatic rings. The van der Waals surface area contributed by atoms with Crippen molar-refractivity contribution in [3.8, 4) is 5.75 Å². The fraction of sp³-hybridized carbons (Fsp3) is 0.500. The average molecular weight is 248 g/mol. The van der Waals surface area contributed by atoms with E-state index in [1.54, 1.807) is 7.11 Å². The molecule has 0 aliphatic carbocycles. The smallest absolute Gasteiger partial charge is 0.228 e. The van der Waals surface area contributed by atoms with Crippen molar-refractivity contribution in [3.05, 3.63) is 24.3 Å². The summed E-state index contributed by atoms with van der Waals surface area (Å²) in [6.45, 7) is 3.76. The van der Waals surface area contributed by atoms with Gasteiger partial charge >= 0.3 is 0 Å². The number of anilines is 1. The number of hydrogen-bond donors (Lipinski definition) is 1. The summed E-state index contributed by atoms with van der Waals surface area (Å²) in [5.74, 6) is 0.955. The van der Waals surface area contributed by atoms with E-state index in [2.05, 4.69) is 5.32 Å². The van der Waals surface area contributed by atoms with Gasteiger partial charge < -0.3 is 15.0 Å². The molecule has 0 spiro atoms. The lowest BCUT2D eigenvalue weighted by molar-refractivity contribution is -0.119. The molecule has 1 aliphatic heterocycles. The molecule has 1 heterocycles. The van der Waals surface area contributed by atoms with Crippen molar-refractivity contribution in [2.45, 2.75) is 25.8 Å². The van der Waals surface area contributed by atoms with E-state index in [0.717, 1.165) is 30.9 Å². The maximum Gasteiger partial charge on any atom is 0.228 e. The first-order chi connectivity index (χ1) is 8.70. The van der Waals surface area contributed by atoms with Crippen LogP contribution in [0.4, 0.5) is 5.69 Å². The summed E-state index contributed by atoms with van der Waals surface area (Å²) in [5.41, 5.74) is 0.924. The van der Waals surface area contributed by atoms with Gasteiger partial charge in [-0.05, 0) is 32.0 Å². The third kappa shape index (κ3) is 3.01. The van der Waals surface area contributed by atoms with Crippen molar-refractivity contribution >= 4 is 11.6 Å². The van der Waals surface area contributed by atoms with E-state index in [4.69, 9.17) is 4.74 Å². The molecule has 1 N–H and O–H groups in total. The number of nitrogens with zero attached hydrogens (tertiary/aromatic N) is 1. The number of carbonyl (C=O) groups excluding carboxylic acids is 1. The summed E-state index contributed by atoms with van der Waals surface area (Å²) >= 11 is 0. The molecule has 0 bridgehead atoms. The fourth-order valence-electron chi connectivity index (χ4n) is 2.21. The van der Waals surface area contributed by atoms with Crippen molar-refractivity contribution < 1.29 is 9.53 Å². The summed E-state index contributed by atoms with van der Waals surface area (Å²) in [6, 6.07) is 7.92. The molecule has 0 saturated carbocycles. The number of amides is 1. The van der Waals surface area contributed by atoms with Crippen LogP contribution < -0.4 is 15.0 Å². The molecule has 1 aliphatic rings. The molecule has 1 aromatic carbocycles. The van der Waals surface area contributed by atoms with Gasteiger partial charge in [-0.1, -0.05) is 6.07 Å². The summed E-state index contributed by atoms with van der Waals surface area (Å²) < 4.78 is 5.21. The van der Waals surface area contributed by atoms with Crippen LogP contribution in [0.15, 0.2) is 24.3 Å². The second-order valence-electron chi connectivity index (χ2n) is 4.66. The maximum absolute atomic E-state index is 12.2. The predicted molar refractivity (Wildman–Crippen MR) is 72.0 cm³/mol. The van der Waals surface area contributed by atoms with Gasteiger partial charge in [-0.3, -0.25) is 4.79 Å². The van der Waals surface area contributed by atoms with Crippen LogP contribution in [0.5, 0.6) is 5.75 Å². The lowest BCUT2D eigenvalue weighted by atomic mass is 10.1. The Labute approximate surface area is 108 Å². The normalized spacial score (nSPS) is 21.3. The topological polar surface area (TPSA) is 41.6 Å². The van der Waals surface area contributed by atoms with Crippen LogP contribution >= 0.6 is 0 Å². The van der Waals surface area contributed by atoms with Crippen LogP contribution in [0.2, 0.25) is 0 Å². The Hall–Kier alpha value is -1.55. The lowest BCUT2D eigenvalue weighted by Crippen LogP contribution is -2.42. The first-order valence-electron chi connectivity index (χ1n) is 6.38. The van der Waals surface area contributed by atoms with Gasteiger partial charge in [0.25, 0.3) is 0 Å². The Balaban J connectivity index is 2.20. The number of rotatable bonds is 2. The number of ether oxygens (including phenoxy) is 1. The largest absolute Gasteiger partial charge is 0.497 e. The van der Waals surface area contributed by atoms with Crippen molar-refractivity contribution in [1.29, 1.82) is 0 Å². The molecule has 18 heavy (non-hydrogen) atoms. The Morgan fingerprint density at radius 1 is 1.44 bits per heavy atom. The minimum Gasteiger partial charge on any atom is -0.497 e. The second-order valence-corrected chi connectivity index (χ2v) is 4.66. The van der Waals surface area contributed by atoms with Crippen LogP contribution in [-0.2, 0) is 4.79 Å². The monoisotopic (exact) mass is 248 g/mol. The molecule has 0 aromatic heterocycles. The van der Waals surface area contributed by atoms with E-state index in [1.165, 1.54) is 0 Å². The summed E-state index contributed by atoms with van der Waals surface area (Å²) in [4.78, 5) is 14.1. The molecular formula is C14H20N2O2. The number of benzene rings is 1. The molecule has 4 nitrogen and oxygen atoms in total. The Bertz CT molecular complexity index is 420. The highest BCUT2D eigenvalue weighted by atomic mass is 16.5. The van der Waals surface area contributed by atoms with Crippen LogP contribution in [0.25, 0.3) is 0 Å². The van der Waals surface area contributed by atoms with Gasteiger partial charge in [-0.25, -0.2) is 0 Å². The zero-order chi connectivity index (χ0) is 13.0. The third-order valence-corrected chi connectivity index (χ3v) is 3.20. The van der Waals surface area contributed by atoms with Crippen molar-refractivity contribution in [2.75, 3.05) is 25.1 Å². The average Bonchev–Trinajstić information content (AvgIpc) is 2.36. The van der Waals surface area contributed by atoms with Gasteiger partial charge in [0, 0.05) is 30.8 Å². The van der Waals surface area contributed by atoms with Gasteiger partial charge in [-0.2, -0.15) is 0 Å². The third-order valence-electron chi connectivity index (χ3n) is 3.20. The van der Waals surface area contributed by atoms with E-state index in [-0.39, 0.29) is 11.9 Å². The highest BCUT2D eigenvalue weighted by Crippen LogP contribution is 2.22. The van der Waals surface area contributed by atoms with Gasteiger partial charge in [0.2, 0.25) is 5.91 Å². The van der Waals surface area contributed by atoms with Gasteiger partial charge in [-0.15, -0.1) is 0 Å². The van der Waals surface area contributed by atoms with E-state index in [0.29, 0.717) is 6.42 Å². The Morgan fingerprint density at radius 2 is 2.28 bits per heavy atom. The summed E-state index contributed by atoms with van der Waals surface area (Å²) in [6.07, 6.45) is 1.50. The minimum absolute atomic E-state index is 0.169. The van der Waals surface area contributed by atoms with Gasteiger partial charge in [0.15, 0.2) is 0 Å². The zero-order valence-electron chi connectivity index (χ0n) is 11.0. The molecule has 1 unspecified atom stereocenters. The standard InChI is InChI=1S/C14H20N2O2/c1-11-9-14(17)16(8-4-7-15-11)12-5-3-6-13(10-12)18-2/h3,5-6,10-11,15H,4,7-9H2,1-2H3. The highest BCUT2D eigenvalue weighted by molar-refractivity contribution is 5.93. The van der Waals surface area contributed by atoms with Crippen LogP contribution in [0, 0.1) is 0 Å². The molecule has 4 heteroatoms. The fourth-order valence-corrected chi connectivity index (χ4v) is 2.21.